The lowest BCUT2D eigenvalue weighted by atomic mass is 10.1. The zero-order valence-electron chi connectivity index (χ0n) is 10.2. The number of hydrogen-bond acceptors (Lipinski definition) is 4. The van der Waals surface area contributed by atoms with Gasteiger partial charge >= 0.3 is 0 Å². The van der Waals surface area contributed by atoms with E-state index in [-0.39, 0.29) is 19.1 Å². The number of aliphatic hydroxyl groups is 1. The number of anilines is 1. The van der Waals surface area contributed by atoms with E-state index in [4.69, 9.17) is 27.2 Å². The van der Waals surface area contributed by atoms with Crippen molar-refractivity contribution in [2.75, 3.05) is 39.1 Å². The molecule has 0 spiro atoms. The molecule has 3 N–H and O–H groups in total. The summed E-state index contributed by atoms with van der Waals surface area (Å²) in [7, 11) is 1.55. The van der Waals surface area contributed by atoms with Crippen LogP contribution in [0.4, 0.5) is 5.69 Å². The highest BCUT2D eigenvalue weighted by Crippen LogP contribution is 2.19. The van der Waals surface area contributed by atoms with Gasteiger partial charge in [0.1, 0.15) is 0 Å². The highest BCUT2D eigenvalue weighted by atomic mass is 35.5. The number of nitrogens with two attached hydrogens (primary N) is 1. The van der Waals surface area contributed by atoms with Crippen molar-refractivity contribution in [3.63, 3.8) is 0 Å². The Kier molecular flexibility index (Phi) is 5.91. The molecule has 0 aliphatic rings. The van der Waals surface area contributed by atoms with Gasteiger partial charge in [0.2, 0.25) is 0 Å². The fourth-order valence-electron chi connectivity index (χ4n) is 1.54. The van der Waals surface area contributed by atoms with Gasteiger partial charge in [-0.25, -0.2) is 0 Å². The van der Waals surface area contributed by atoms with Gasteiger partial charge in [-0.1, -0.05) is 11.6 Å². The third kappa shape index (κ3) is 3.87. The predicted octanol–water partition coefficient (Wildman–Crippen LogP) is 1.00. The van der Waals surface area contributed by atoms with E-state index >= 15 is 0 Å². The molecule has 100 valence electrons. The van der Waals surface area contributed by atoms with Crippen LogP contribution in [-0.2, 0) is 4.74 Å². The summed E-state index contributed by atoms with van der Waals surface area (Å²) in [6, 6.07) is 4.72. The minimum absolute atomic E-state index is 0.108. The highest BCUT2D eigenvalue weighted by molar-refractivity contribution is 6.31. The summed E-state index contributed by atoms with van der Waals surface area (Å²) in [6.45, 7) is 0.935. The van der Waals surface area contributed by atoms with Crippen LogP contribution in [0.3, 0.4) is 0 Å². The third-order valence-electron chi connectivity index (χ3n) is 2.47. The van der Waals surface area contributed by atoms with Crippen LogP contribution in [-0.4, -0.2) is 49.3 Å². The van der Waals surface area contributed by atoms with Gasteiger partial charge in [-0.2, -0.15) is 0 Å². The first-order valence-corrected chi connectivity index (χ1v) is 5.92. The van der Waals surface area contributed by atoms with Crippen LogP contribution in [0.1, 0.15) is 10.4 Å². The molecule has 0 aliphatic heterocycles. The summed E-state index contributed by atoms with van der Waals surface area (Å²) < 4.78 is 4.93. The van der Waals surface area contributed by atoms with Gasteiger partial charge in [0.15, 0.2) is 0 Å². The van der Waals surface area contributed by atoms with Gasteiger partial charge in [-0.15, -0.1) is 0 Å². The molecule has 0 unspecified atom stereocenters. The molecule has 1 rings (SSSR count). The normalized spacial score (nSPS) is 10.4. The van der Waals surface area contributed by atoms with E-state index in [1.807, 2.05) is 0 Å². The quantitative estimate of drug-likeness (QED) is 0.758. The van der Waals surface area contributed by atoms with Gasteiger partial charge in [-0.3, -0.25) is 4.79 Å². The Balaban J connectivity index is 2.87. The molecule has 0 heterocycles. The third-order valence-corrected chi connectivity index (χ3v) is 2.70. The van der Waals surface area contributed by atoms with E-state index < -0.39 is 0 Å². The molecule has 0 atom stereocenters. The number of rotatable bonds is 6. The smallest absolute Gasteiger partial charge is 0.256 e. The fraction of sp³-hybridized carbons (Fsp3) is 0.417. The Bertz CT molecular complexity index is 412. The largest absolute Gasteiger partial charge is 0.398 e. The summed E-state index contributed by atoms with van der Waals surface area (Å²) >= 11 is 5.78. The van der Waals surface area contributed by atoms with Crippen molar-refractivity contribution in [2.24, 2.45) is 0 Å². The number of ether oxygens (including phenoxy) is 1. The number of aliphatic hydroxyl groups excluding tert-OH is 1. The van der Waals surface area contributed by atoms with Gasteiger partial charge < -0.3 is 20.5 Å². The average molecular weight is 273 g/mol. The van der Waals surface area contributed by atoms with Gasteiger partial charge in [0, 0.05) is 30.9 Å². The summed E-state index contributed by atoms with van der Waals surface area (Å²) in [6.07, 6.45) is 0. The molecule has 1 amide bonds. The number of benzene rings is 1. The number of amides is 1. The zero-order chi connectivity index (χ0) is 13.5. The van der Waals surface area contributed by atoms with E-state index in [1.54, 1.807) is 19.2 Å². The molecular formula is C12H17ClN2O3. The standard InChI is InChI=1S/C12H17ClN2O3/c1-18-7-5-15(4-6-16)12(17)10-3-2-9(13)8-11(10)14/h2-3,8,16H,4-7,14H2,1H3. The van der Waals surface area contributed by atoms with Gasteiger partial charge in [-0.05, 0) is 18.2 Å². The van der Waals surface area contributed by atoms with Crippen molar-refractivity contribution in [1.29, 1.82) is 0 Å². The summed E-state index contributed by atoms with van der Waals surface area (Å²) in [5, 5.41) is 9.44. The lowest BCUT2D eigenvalue weighted by Crippen LogP contribution is -2.36. The molecule has 6 heteroatoms. The molecule has 0 fully saturated rings. The molecule has 5 nitrogen and oxygen atoms in total. The van der Waals surface area contributed by atoms with Crippen molar-refractivity contribution in [3.8, 4) is 0 Å². The monoisotopic (exact) mass is 272 g/mol. The van der Waals surface area contributed by atoms with Crippen molar-refractivity contribution in [3.05, 3.63) is 28.8 Å². The maximum absolute atomic E-state index is 12.2. The minimum atomic E-state index is -0.240. The number of nitrogens with zero attached hydrogens (tertiary/aromatic N) is 1. The number of carbonyl (C=O) groups excluding carboxylic acids is 1. The van der Waals surface area contributed by atoms with E-state index in [0.717, 1.165) is 0 Å². The highest BCUT2D eigenvalue weighted by Gasteiger charge is 2.17. The summed E-state index contributed by atoms with van der Waals surface area (Å²) in [4.78, 5) is 13.7. The van der Waals surface area contributed by atoms with Crippen LogP contribution < -0.4 is 5.73 Å². The Hall–Kier alpha value is -1.30. The second-order valence-corrected chi connectivity index (χ2v) is 4.18. The lowest BCUT2D eigenvalue weighted by Gasteiger charge is -2.22. The predicted molar refractivity (Wildman–Crippen MR) is 70.7 cm³/mol. The second-order valence-electron chi connectivity index (χ2n) is 3.74. The molecule has 1 aromatic carbocycles. The van der Waals surface area contributed by atoms with Crippen LogP contribution in [0, 0.1) is 0 Å². The van der Waals surface area contributed by atoms with Crippen LogP contribution >= 0.6 is 11.6 Å². The van der Waals surface area contributed by atoms with Crippen molar-refractivity contribution in [2.45, 2.75) is 0 Å². The maximum atomic E-state index is 12.2. The SMILES string of the molecule is COCCN(CCO)C(=O)c1ccc(Cl)cc1N. The van der Waals surface area contributed by atoms with Crippen LogP contribution in [0.2, 0.25) is 5.02 Å². The van der Waals surface area contributed by atoms with Crippen LogP contribution in [0.25, 0.3) is 0 Å². The van der Waals surface area contributed by atoms with Crippen molar-refractivity contribution >= 4 is 23.2 Å². The van der Waals surface area contributed by atoms with E-state index in [2.05, 4.69) is 0 Å². The van der Waals surface area contributed by atoms with Gasteiger partial charge in [0.05, 0.1) is 18.8 Å². The van der Waals surface area contributed by atoms with E-state index in [0.29, 0.717) is 29.4 Å². The fourth-order valence-corrected chi connectivity index (χ4v) is 1.72. The topological polar surface area (TPSA) is 75.8 Å². The number of hydrogen-bond donors (Lipinski definition) is 2. The van der Waals surface area contributed by atoms with E-state index in [1.165, 1.54) is 11.0 Å². The molecular weight excluding hydrogens is 256 g/mol. The number of nitrogen functional groups attached to an aromatic ring is 1. The number of methoxy groups -OCH3 is 1. The van der Waals surface area contributed by atoms with E-state index in [9.17, 15) is 4.79 Å². The second kappa shape index (κ2) is 7.20. The van der Waals surface area contributed by atoms with Crippen molar-refractivity contribution in [1.82, 2.24) is 4.90 Å². The minimum Gasteiger partial charge on any atom is -0.398 e. The first kappa shape index (κ1) is 14.8. The molecule has 18 heavy (non-hydrogen) atoms. The number of halogens is 1. The molecule has 0 saturated carbocycles. The first-order chi connectivity index (χ1) is 8.60. The lowest BCUT2D eigenvalue weighted by molar-refractivity contribution is 0.0657. The molecule has 0 aliphatic carbocycles. The Labute approximate surface area is 111 Å². The van der Waals surface area contributed by atoms with Crippen LogP contribution in [0.15, 0.2) is 18.2 Å². The average Bonchev–Trinajstić information content (AvgIpc) is 2.33. The summed E-state index contributed by atoms with van der Waals surface area (Å²) in [5.74, 6) is -0.240. The molecule has 1 aromatic rings. The molecule has 0 aromatic heterocycles. The van der Waals surface area contributed by atoms with Crippen LogP contribution in [0.5, 0.6) is 0 Å². The Morgan fingerprint density at radius 1 is 1.50 bits per heavy atom. The Morgan fingerprint density at radius 2 is 2.22 bits per heavy atom. The molecule has 0 bridgehead atoms. The zero-order valence-corrected chi connectivity index (χ0v) is 11.0. The molecule has 0 radical (unpaired) electrons. The van der Waals surface area contributed by atoms with Gasteiger partial charge in [0.25, 0.3) is 5.91 Å². The molecule has 0 saturated heterocycles. The first-order valence-electron chi connectivity index (χ1n) is 5.54. The summed E-state index contributed by atoms with van der Waals surface area (Å²) in [5.41, 5.74) is 6.46. The maximum Gasteiger partial charge on any atom is 0.256 e. The van der Waals surface area contributed by atoms with Crippen molar-refractivity contribution < 1.29 is 14.6 Å². The number of carbonyl (C=O) groups is 1. The Morgan fingerprint density at radius 3 is 2.78 bits per heavy atom.